The zero-order valence-electron chi connectivity index (χ0n) is 18.9. The highest BCUT2D eigenvalue weighted by atomic mass is 35.5. The van der Waals surface area contributed by atoms with E-state index in [1.807, 2.05) is 0 Å². The van der Waals surface area contributed by atoms with E-state index in [9.17, 15) is 27.2 Å². The number of rotatable bonds is 4. The number of alkyl halides is 3. The van der Waals surface area contributed by atoms with Crippen molar-refractivity contribution in [3.8, 4) is 0 Å². The Hall–Kier alpha value is -2.49. The molecular formula is C23H21Cl3F4N2O3. The normalized spacial score (nSPS) is 13.3. The minimum Gasteiger partial charge on any atom is -0.442 e. The Morgan fingerprint density at radius 3 is 1.94 bits per heavy atom. The lowest BCUT2D eigenvalue weighted by molar-refractivity contribution is -0.139. The molecule has 5 nitrogen and oxygen atoms in total. The second kappa shape index (κ2) is 11.1. The minimum absolute atomic E-state index is 0.0283. The van der Waals surface area contributed by atoms with Crippen LogP contribution >= 0.6 is 34.8 Å². The van der Waals surface area contributed by atoms with Crippen LogP contribution in [0.2, 0.25) is 15.1 Å². The van der Waals surface area contributed by atoms with E-state index in [0.29, 0.717) is 6.08 Å². The number of nitrogens with zero attached hydrogens (tertiary/aromatic N) is 1. The van der Waals surface area contributed by atoms with Crippen LogP contribution in [0.3, 0.4) is 0 Å². The van der Waals surface area contributed by atoms with Gasteiger partial charge in [0.2, 0.25) is 0 Å². The van der Waals surface area contributed by atoms with Gasteiger partial charge in [-0.05, 0) is 56.7 Å². The highest BCUT2D eigenvalue weighted by Gasteiger charge is 2.40. The van der Waals surface area contributed by atoms with Crippen LogP contribution in [0.5, 0.6) is 0 Å². The molecule has 0 saturated heterocycles. The largest absolute Gasteiger partial charge is 0.442 e. The molecule has 2 aromatic rings. The van der Waals surface area contributed by atoms with Crippen molar-refractivity contribution < 1.29 is 31.9 Å². The Morgan fingerprint density at radius 1 is 1.00 bits per heavy atom. The van der Waals surface area contributed by atoms with Crippen molar-refractivity contribution in [2.75, 3.05) is 7.05 Å². The number of hydrazine groups is 1. The molecule has 0 spiro atoms. The van der Waals surface area contributed by atoms with Crippen LogP contribution in [0, 0.1) is 0 Å². The van der Waals surface area contributed by atoms with Crippen molar-refractivity contribution in [3.63, 3.8) is 0 Å². The van der Waals surface area contributed by atoms with Gasteiger partial charge in [0, 0.05) is 18.2 Å². The molecule has 2 aromatic carbocycles. The van der Waals surface area contributed by atoms with Crippen molar-refractivity contribution in [3.05, 3.63) is 74.2 Å². The molecule has 0 aliphatic heterocycles. The number of ether oxygens (including phenoxy) is 1. The first-order valence-corrected chi connectivity index (χ1v) is 11.1. The third-order valence-electron chi connectivity index (χ3n) is 4.39. The summed E-state index contributed by atoms with van der Waals surface area (Å²) in [5.74, 6) is -4.26. The summed E-state index contributed by atoms with van der Waals surface area (Å²) in [7, 11) is 1.27. The number of benzene rings is 2. The number of carbonyl (C=O) groups excluding carboxylic acids is 2. The number of allylic oxidation sites excluding steroid dienone is 1. The van der Waals surface area contributed by atoms with Crippen molar-refractivity contribution in [2.24, 2.45) is 0 Å². The standard InChI is InChI=1S/C23H21Cl3F4N2O3/c1-22(2,3)35-21(34)32(4)31-20(33)13-7-5-12(6-8-13)18(27)11-15(23(28,29)30)14-9-16(24)19(26)17(25)10-14/h5-11,15H,1-4H3,(H,31,33). The Morgan fingerprint density at radius 2 is 1.49 bits per heavy atom. The maximum absolute atomic E-state index is 14.8. The summed E-state index contributed by atoms with van der Waals surface area (Å²) in [6.07, 6.45) is -5.29. The Kier molecular flexibility index (Phi) is 9.08. The monoisotopic (exact) mass is 554 g/mol. The fourth-order valence-electron chi connectivity index (χ4n) is 2.75. The van der Waals surface area contributed by atoms with Crippen molar-refractivity contribution in [1.29, 1.82) is 0 Å². The molecule has 0 aliphatic carbocycles. The van der Waals surface area contributed by atoms with Crippen molar-refractivity contribution in [1.82, 2.24) is 10.4 Å². The number of carbonyl (C=O) groups is 2. The van der Waals surface area contributed by atoms with Crippen LogP contribution in [-0.2, 0) is 4.74 Å². The molecule has 1 N–H and O–H groups in total. The molecular weight excluding hydrogens is 535 g/mol. The van der Waals surface area contributed by atoms with E-state index in [-0.39, 0.29) is 26.2 Å². The van der Waals surface area contributed by atoms with Crippen LogP contribution in [-0.4, -0.2) is 35.8 Å². The summed E-state index contributed by atoms with van der Waals surface area (Å²) >= 11 is 17.5. The first-order chi connectivity index (χ1) is 16.0. The lowest BCUT2D eigenvalue weighted by Crippen LogP contribution is -2.45. The predicted octanol–water partition coefficient (Wildman–Crippen LogP) is 7.82. The summed E-state index contributed by atoms with van der Waals surface area (Å²) in [5.41, 5.74) is 0.931. The average Bonchev–Trinajstić information content (AvgIpc) is 2.73. The molecule has 12 heteroatoms. The van der Waals surface area contributed by atoms with Crippen molar-refractivity contribution in [2.45, 2.75) is 38.5 Å². The van der Waals surface area contributed by atoms with Gasteiger partial charge >= 0.3 is 12.3 Å². The van der Waals surface area contributed by atoms with Gasteiger partial charge in [-0.2, -0.15) is 13.2 Å². The van der Waals surface area contributed by atoms with E-state index >= 15 is 0 Å². The Bertz CT molecular complexity index is 1110. The topological polar surface area (TPSA) is 58.6 Å². The van der Waals surface area contributed by atoms with Crippen LogP contribution in [0.15, 0.2) is 42.5 Å². The zero-order chi connectivity index (χ0) is 26.7. The third-order valence-corrected chi connectivity index (χ3v) is 5.59. The van der Waals surface area contributed by atoms with Gasteiger partial charge in [-0.1, -0.05) is 46.9 Å². The van der Waals surface area contributed by atoms with Gasteiger partial charge in [-0.3, -0.25) is 10.2 Å². The molecule has 0 fully saturated rings. The molecule has 0 aliphatic rings. The SMILES string of the molecule is CN(NC(=O)c1ccc(C(F)=CC(c2cc(Cl)c(Cl)c(Cl)c2)C(F)(F)F)cc1)C(=O)OC(C)(C)C. The van der Waals surface area contributed by atoms with Gasteiger partial charge in [0.05, 0.1) is 15.1 Å². The number of nitrogens with one attached hydrogen (secondary N) is 1. The summed E-state index contributed by atoms with van der Waals surface area (Å²) in [6.45, 7) is 4.96. The van der Waals surface area contributed by atoms with Gasteiger partial charge < -0.3 is 4.74 Å². The van der Waals surface area contributed by atoms with E-state index in [2.05, 4.69) is 5.43 Å². The average molecular weight is 556 g/mol. The molecule has 0 saturated carbocycles. The van der Waals surface area contributed by atoms with Crippen LogP contribution in [0.25, 0.3) is 5.83 Å². The molecule has 190 valence electrons. The zero-order valence-corrected chi connectivity index (χ0v) is 21.2. The van der Waals surface area contributed by atoms with Gasteiger partial charge in [-0.25, -0.2) is 14.2 Å². The predicted molar refractivity (Wildman–Crippen MR) is 127 cm³/mol. The van der Waals surface area contributed by atoms with Crippen LogP contribution in [0.4, 0.5) is 22.4 Å². The number of amides is 2. The smallest absolute Gasteiger partial charge is 0.428 e. The fourth-order valence-corrected chi connectivity index (χ4v) is 3.36. The molecule has 2 rings (SSSR count). The van der Waals surface area contributed by atoms with Gasteiger partial charge in [0.1, 0.15) is 17.3 Å². The summed E-state index contributed by atoms with van der Waals surface area (Å²) < 4.78 is 60.9. The highest BCUT2D eigenvalue weighted by Crippen LogP contribution is 2.42. The highest BCUT2D eigenvalue weighted by molar-refractivity contribution is 6.48. The number of halogens is 7. The molecule has 0 bridgehead atoms. The summed E-state index contributed by atoms with van der Waals surface area (Å²) in [5, 5.41) is 0.305. The van der Waals surface area contributed by atoms with Crippen LogP contribution < -0.4 is 5.43 Å². The lowest BCUT2D eigenvalue weighted by atomic mass is 9.96. The van der Waals surface area contributed by atoms with E-state index in [4.69, 9.17) is 39.5 Å². The lowest BCUT2D eigenvalue weighted by Gasteiger charge is -2.24. The van der Waals surface area contributed by atoms with Crippen molar-refractivity contribution >= 4 is 52.6 Å². The molecule has 2 amide bonds. The van der Waals surface area contributed by atoms with Gasteiger partial charge in [0.15, 0.2) is 0 Å². The fraction of sp³-hybridized carbons (Fsp3) is 0.304. The Labute approximate surface area is 214 Å². The van der Waals surface area contributed by atoms with Crippen LogP contribution in [0.1, 0.15) is 48.2 Å². The first kappa shape index (κ1) is 28.7. The maximum Gasteiger partial charge on any atom is 0.428 e. The molecule has 0 aromatic heterocycles. The van der Waals surface area contributed by atoms with Gasteiger partial charge in [-0.15, -0.1) is 0 Å². The number of hydrogen-bond acceptors (Lipinski definition) is 3. The maximum atomic E-state index is 14.8. The summed E-state index contributed by atoms with van der Waals surface area (Å²) in [4.78, 5) is 24.3. The minimum atomic E-state index is -4.86. The summed E-state index contributed by atoms with van der Waals surface area (Å²) in [6, 6.07) is 6.57. The van der Waals surface area contributed by atoms with E-state index in [1.54, 1.807) is 20.8 Å². The molecule has 1 atom stereocenters. The second-order valence-corrected chi connectivity index (χ2v) is 9.58. The van der Waals surface area contributed by atoms with Gasteiger partial charge in [0.25, 0.3) is 5.91 Å². The molecule has 0 radical (unpaired) electrons. The van der Waals surface area contributed by atoms with E-state index in [0.717, 1.165) is 29.3 Å². The second-order valence-electron chi connectivity index (χ2n) is 8.39. The van der Waals surface area contributed by atoms with E-state index in [1.165, 1.54) is 19.2 Å². The molecule has 35 heavy (non-hydrogen) atoms. The number of hydrogen-bond donors (Lipinski definition) is 1. The first-order valence-electron chi connectivity index (χ1n) is 9.96. The van der Waals surface area contributed by atoms with E-state index < -0.39 is 41.1 Å². The molecule has 1 unspecified atom stereocenters. The Balaban J connectivity index is 2.24. The third kappa shape index (κ3) is 8.02. The molecule has 0 heterocycles. The quantitative estimate of drug-likeness (QED) is 0.238.